The first-order valence-electron chi connectivity index (χ1n) is 8.28. The van der Waals surface area contributed by atoms with Crippen LogP contribution in [0.1, 0.15) is 17.9 Å². The molecular formula is C19H21ClFNO3. The van der Waals surface area contributed by atoms with Crippen LogP contribution in [0.5, 0.6) is 17.2 Å². The van der Waals surface area contributed by atoms with Crippen LogP contribution in [0.3, 0.4) is 0 Å². The van der Waals surface area contributed by atoms with Gasteiger partial charge in [0.15, 0.2) is 11.5 Å². The average Bonchev–Trinajstić information content (AvgIpc) is 3.09. The normalized spacial score (nSPS) is 21.5. The molecule has 2 aliphatic heterocycles. The molecule has 2 atom stereocenters. The molecule has 0 saturated carbocycles. The summed E-state index contributed by atoms with van der Waals surface area (Å²) in [7, 11) is 0. The molecule has 0 amide bonds. The molecule has 6 heteroatoms. The van der Waals surface area contributed by atoms with Crippen LogP contribution < -0.4 is 19.5 Å². The van der Waals surface area contributed by atoms with Gasteiger partial charge in [0, 0.05) is 18.5 Å². The Balaban J connectivity index is 0.00000182. The summed E-state index contributed by atoms with van der Waals surface area (Å²) in [4.78, 5) is 0. The van der Waals surface area contributed by atoms with Gasteiger partial charge in [-0.2, -0.15) is 0 Å². The second-order valence-electron chi connectivity index (χ2n) is 6.24. The van der Waals surface area contributed by atoms with Gasteiger partial charge in [-0.25, -0.2) is 4.39 Å². The first-order chi connectivity index (χ1) is 11.8. The number of fused-ring (bicyclic) bond motifs is 1. The van der Waals surface area contributed by atoms with E-state index in [1.54, 1.807) is 0 Å². The Morgan fingerprint density at radius 2 is 1.88 bits per heavy atom. The van der Waals surface area contributed by atoms with Crippen molar-refractivity contribution in [2.45, 2.75) is 12.3 Å². The highest BCUT2D eigenvalue weighted by atomic mass is 35.5. The van der Waals surface area contributed by atoms with Crippen molar-refractivity contribution in [3.8, 4) is 17.2 Å². The highest BCUT2D eigenvalue weighted by Crippen LogP contribution is 2.36. The van der Waals surface area contributed by atoms with Crippen LogP contribution in [0.4, 0.5) is 4.39 Å². The second kappa shape index (κ2) is 7.93. The lowest BCUT2D eigenvalue weighted by Crippen LogP contribution is -2.38. The van der Waals surface area contributed by atoms with E-state index in [1.807, 2.05) is 30.3 Å². The Hall–Kier alpha value is -1.98. The maximum absolute atomic E-state index is 13.2. The van der Waals surface area contributed by atoms with E-state index in [4.69, 9.17) is 14.2 Å². The Bertz CT molecular complexity index is 710. The lowest BCUT2D eigenvalue weighted by atomic mass is 9.81. The molecule has 134 valence electrons. The summed E-state index contributed by atoms with van der Waals surface area (Å²) in [6.07, 6.45) is 1.03. The van der Waals surface area contributed by atoms with E-state index in [1.165, 1.54) is 17.7 Å². The van der Waals surface area contributed by atoms with Gasteiger partial charge in [0.05, 0.1) is 6.61 Å². The molecule has 0 aliphatic carbocycles. The molecule has 1 fully saturated rings. The molecule has 2 aromatic carbocycles. The zero-order valence-electron chi connectivity index (χ0n) is 13.7. The third-order valence-electron chi connectivity index (χ3n) is 4.71. The van der Waals surface area contributed by atoms with E-state index in [2.05, 4.69) is 5.32 Å². The number of piperidine rings is 1. The summed E-state index contributed by atoms with van der Waals surface area (Å²) in [6, 6.07) is 12.5. The van der Waals surface area contributed by atoms with Gasteiger partial charge in [0.1, 0.15) is 11.6 Å². The van der Waals surface area contributed by atoms with Gasteiger partial charge in [-0.15, -0.1) is 12.4 Å². The Morgan fingerprint density at radius 1 is 1.08 bits per heavy atom. The molecule has 2 heterocycles. The van der Waals surface area contributed by atoms with Crippen LogP contribution >= 0.6 is 12.4 Å². The van der Waals surface area contributed by atoms with E-state index in [0.717, 1.165) is 36.8 Å². The number of ether oxygens (including phenoxy) is 3. The van der Waals surface area contributed by atoms with Crippen molar-refractivity contribution in [2.75, 3.05) is 26.5 Å². The number of nitrogens with one attached hydrogen (secondary N) is 1. The largest absolute Gasteiger partial charge is 0.493 e. The molecule has 0 aromatic heterocycles. The predicted octanol–water partition coefficient (Wildman–Crippen LogP) is 3.75. The number of hydrogen-bond acceptors (Lipinski definition) is 4. The fourth-order valence-corrected chi connectivity index (χ4v) is 3.42. The minimum Gasteiger partial charge on any atom is -0.493 e. The van der Waals surface area contributed by atoms with Crippen LogP contribution in [0.15, 0.2) is 42.5 Å². The van der Waals surface area contributed by atoms with Crippen LogP contribution in [0.25, 0.3) is 0 Å². The molecule has 0 spiro atoms. The zero-order valence-corrected chi connectivity index (χ0v) is 14.6. The molecule has 25 heavy (non-hydrogen) atoms. The van der Waals surface area contributed by atoms with Crippen molar-refractivity contribution in [2.24, 2.45) is 5.92 Å². The minimum atomic E-state index is -0.194. The van der Waals surface area contributed by atoms with Crippen molar-refractivity contribution in [1.82, 2.24) is 5.32 Å². The van der Waals surface area contributed by atoms with Crippen molar-refractivity contribution in [3.63, 3.8) is 0 Å². The lowest BCUT2D eigenvalue weighted by molar-refractivity contribution is 0.173. The summed E-state index contributed by atoms with van der Waals surface area (Å²) in [5.74, 6) is 2.79. The third-order valence-corrected chi connectivity index (χ3v) is 4.71. The van der Waals surface area contributed by atoms with Gasteiger partial charge in [-0.3, -0.25) is 0 Å². The molecule has 0 bridgehead atoms. The monoisotopic (exact) mass is 365 g/mol. The molecule has 2 aliphatic rings. The lowest BCUT2D eigenvalue weighted by Gasteiger charge is -2.32. The van der Waals surface area contributed by atoms with Gasteiger partial charge < -0.3 is 19.5 Å². The van der Waals surface area contributed by atoms with Gasteiger partial charge >= 0.3 is 0 Å². The van der Waals surface area contributed by atoms with E-state index in [0.29, 0.717) is 18.4 Å². The number of hydrogen-bond donors (Lipinski definition) is 1. The van der Waals surface area contributed by atoms with Gasteiger partial charge in [-0.05, 0) is 48.7 Å². The standard InChI is InChI=1S/C19H20FNO3.ClH/c20-15-3-1-13(2-4-15)17-7-8-21-10-14(17)11-22-16-5-6-18-19(9-16)24-12-23-18;/h1-6,9,14,17,21H,7-8,10-12H2;1H/t14?,17-;/m1./s1. The summed E-state index contributed by atoms with van der Waals surface area (Å²) in [5.41, 5.74) is 1.18. The Labute approximate surface area is 152 Å². The van der Waals surface area contributed by atoms with Crippen LogP contribution in [0, 0.1) is 11.7 Å². The summed E-state index contributed by atoms with van der Waals surface area (Å²) in [5, 5.41) is 3.43. The van der Waals surface area contributed by atoms with Crippen LogP contribution in [0.2, 0.25) is 0 Å². The highest BCUT2D eigenvalue weighted by molar-refractivity contribution is 5.85. The summed E-state index contributed by atoms with van der Waals surface area (Å²) in [6.45, 7) is 2.74. The van der Waals surface area contributed by atoms with Crippen LogP contribution in [-0.4, -0.2) is 26.5 Å². The van der Waals surface area contributed by atoms with Gasteiger partial charge in [-0.1, -0.05) is 12.1 Å². The zero-order chi connectivity index (χ0) is 16.4. The smallest absolute Gasteiger partial charge is 0.231 e. The summed E-state index contributed by atoms with van der Waals surface area (Å²) < 4.78 is 29.9. The van der Waals surface area contributed by atoms with Crippen molar-refractivity contribution in [3.05, 3.63) is 53.8 Å². The Morgan fingerprint density at radius 3 is 2.72 bits per heavy atom. The molecule has 4 nitrogen and oxygen atoms in total. The molecule has 0 radical (unpaired) electrons. The highest BCUT2D eigenvalue weighted by Gasteiger charge is 2.27. The first-order valence-corrected chi connectivity index (χ1v) is 8.28. The van der Waals surface area contributed by atoms with Crippen molar-refractivity contribution >= 4 is 12.4 Å². The molecule has 1 saturated heterocycles. The third kappa shape index (κ3) is 3.99. The molecule has 1 N–H and O–H groups in total. The van der Waals surface area contributed by atoms with E-state index in [9.17, 15) is 4.39 Å². The Kier molecular flexibility index (Phi) is 5.66. The predicted molar refractivity (Wildman–Crippen MR) is 95.4 cm³/mol. The number of halogens is 2. The van der Waals surface area contributed by atoms with Gasteiger partial charge in [0.2, 0.25) is 6.79 Å². The minimum absolute atomic E-state index is 0. The first kappa shape index (κ1) is 17.8. The molecule has 4 rings (SSSR count). The number of rotatable bonds is 4. The van der Waals surface area contributed by atoms with E-state index < -0.39 is 0 Å². The number of benzene rings is 2. The van der Waals surface area contributed by atoms with Gasteiger partial charge in [0.25, 0.3) is 0 Å². The quantitative estimate of drug-likeness (QED) is 0.895. The fraction of sp³-hybridized carbons (Fsp3) is 0.368. The second-order valence-corrected chi connectivity index (χ2v) is 6.24. The van der Waals surface area contributed by atoms with E-state index >= 15 is 0 Å². The van der Waals surface area contributed by atoms with Crippen molar-refractivity contribution in [1.29, 1.82) is 0 Å². The molecule has 2 aromatic rings. The van der Waals surface area contributed by atoms with Crippen LogP contribution in [-0.2, 0) is 0 Å². The maximum atomic E-state index is 13.2. The van der Waals surface area contributed by atoms with E-state index in [-0.39, 0.29) is 25.0 Å². The maximum Gasteiger partial charge on any atom is 0.231 e. The van der Waals surface area contributed by atoms with Crippen molar-refractivity contribution < 1.29 is 18.6 Å². The molecular weight excluding hydrogens is 345 g/mol. The molecule has 1 unspecified atom stereocenters. The average molecular weight is 366 g/mol. The topological polar surface area (TPSA) is 39.7 Å². The summed E-state index contributed by atoms with van der Waals surface area (Å²) >= 11 is 0. The fourth-order valence-electron chi connectivity index (χ4n) is 3.42. The SMILES string of the molecule is Cl.Fc1ccc([C@H]2CCNCC2COc2ccc3c(c2)OCO3)cc1.